The Hall–Kier alpha value is -2.48. The van der Waals surface area contributed by atoms with Crippen LogP contribution in [-0.4, -0.2) is 47.7 Å². The highest BCUT2D eigenvalue weighted by atomic mass is 19.1. The minimum absolute atomic E-state index is 0.00411. The van der Waals surface area contributed by atoms with Crippen molar-refractivity contribution < 1.29 is 23.8 Å². The lowest BCUT2D eigenvalue weighted by Gasteiger charge is -2.39. The van der Waals surface area contributed by atoms with Crippen LogP contribution in [0.5, 0.6) is 0 Å². The predicted octanol–water partition coefficient (Wildman–Crippen LogP) is 1.15. The molecule has 1 saturated heterocycles. The standard InChI is InChI=1S/C15H16FN3O4/c1-8-11-12(20)19(2)13(17-14(21)22)18-15(11,7-23-8)9-5-3-4-6-10(9)16/h3-6,8,11H,7H2,1-2H3,(H,17,18)(H,21,22)/t8-,11+,15-/m1/s1. The summed E-state index contributed by atoms with van der Waals surface area (Å²) in [6.07, 6.45) is -1.81. The van der Waals surface area contributed by atoms with Crippen molar-refractivity contribution in [3.8, 4) is 0 Å². The van der Waals surface area contributed by atoms with Gasteiger partial charge in [0.1, 0.15) is 11.4 Å². The zero-order valence-electron chi connectivity index (χ0n) is 12.6. The molecule has 2 aliphatic rings. The second-order valence-electron chi connectivity index (χ2n) is 5.66. The Labute approximate surface area is 131 Å². The number of fused-ring (bicyclic) bond motifs is 1. The van der Waals surface area contributed by atoms with Crippen LogP contribution in [0.25, 0.3) is 0 Å². The summed E-state index contributed by atoms with van der Waals surface area (Å²) in [7, 11) is 1.42. The molecule has 1 aromatic rings. The molecule has 0 bridgehead atoms. The number of carbonyl (C=O) groups is 2. The molecule has 122 valence electrons. The number of amides is 2. The van der Waals surface area contributed by atoms with Gasteiger partial charge >= 0.3 is 6.09 Å². The Balaban J connectivity index is 2.21. The van der Waals surface area contributed by atoms with Crippen LogP contribution in [0.2, 0.25) is 0 Å². The van der Waals surface area contributed by atoms with E-state index >= 15 is 0 Å². The van der Waals surface area contributed by atoms with E-state index in [-0.39, 0.29) is 24.0 Å². The topological polar surface area (TPSA) is 91.2 Å². The minimum atomic E-state index is -1.35. The van der Waals surface area contributed by atoms with Crippen LogP contribution in [0.3, 0.4) is 0 Å². The molecular weight excluding hydrogens is 305 g/mol. The molecule has 7 nitrogen and oxygen atoms in total. The third-order valence-electron chi connectivity index (χ3n) is 4.33. The van der Waals surface area contributed by atoms with Gasteiger partial charge in [0, 0.05) is 12.6 Å². The molecule has 0 spiro atoms. The van der Waals surface area contributed by atoms with Gasteiger partial charge in [-0.25, -0.2) is 14.2 Å². The molecule has 1 fully saturated rings. The van der Waals surface area contributed by atoms with Gasteiger partial charge in [-0.2, -0.15) is 0 Å². The Bertz CT molecular complexity index is 708. The lowest BCUT2D eigenvalue weighted by Crippen LogP contribution is -2.57. The average molecular weight is 321 g/mol. The number of guanidine groups is 1. The van der Waals surface area contributed by atoms with Crippen LogP contribution < -0.4 is 5.32 Å². The molecule has 1 aromatic carbocycles. The highest BCUT2D eigenvalue weighted by Gasteiger charge is 2.58. The number of ether oxygens (including phenoxy) is 1. The first-order valence-electron chi connectivity index (χ1n) is 7.11. The Morgan fingerprint density at radius 1 is 1.52 bits per heavy atom. The maximum atomic E-state index is 14.4. The number of halogens is 1. The molecule has 3 atom stereocenters. The molecule has 0 unspecified atom stereocenters. The van der Waals surface area contributed by atoms with Crippen LogP contribution in [0.1, 0.15) is 12.5 Å². The van der Waals surface area contributed by atoms with Gasteiger partial charge < -0.3 is 9.84 Å². The van der Waals surface area contributed by atoms with Gasteiger partial charge in [0.05, 0.1) is 18.6 Å². The molecule has 0 radical (unpaired) electrons. The highest BCUT2D eigenvalue weighted by molar-refractivity contribution is 6.05. The van der Waals surface area contributed by atoms with Crippen molar-refractivity contribution >= 4 is 18.0 Å². The van der Waals surface area contributed by atoms with Crippen LogP contribution in [0.15, 0.2) is 29.3 Å². The smallest absolute Gasteiger partial charge is 0.411 e. The summed E-state index contributed by atoms with van der Waals surface area (Å²) in [6, 6.07) is 6.02. The van der Waals surface area contributed by atoms with Gasteiger partial charge in [-0.1, -0.05) is 18.2 Å². The Morgan fingerprint density at radius 2 is 2.22 bits per heavy atom. The summed E-state index contributed by atoms with van der Waals surface area (Å²) in [5.74, 6) is -1.73. The van der Waals surface area contributed by atoms with Crippen LogP contribution in [-0.2, 0) is 15.1 Å². The van der Waals surface area contributed by atoms with Gasteiger partial charge in [0.2, 0.25) is 11.9 Å². The van der Waals surface area contributed by atoms with Crippen molar-refractivity contribution in [3.05, 3.63) is 35.6 Å². The summed E-state index contributed by atoms with van der Waals surface area (Å²) in [4.78, 5) is 29.2. The molecule has 0 saturated carbocycles. The lowest BCUT2D eigenvalue weighted by atomic mass is 9.76. The molecule has 23 heavy (non-hydrogen) atoms. The molecule has 2 N–H and O–H groups in total. The van der Waals surface area contributed by atoms with E-state index < -0.39 is 29.5 Å². The van der Waals surface area contributed by atoms with Crippen molar-refractivity contribution in [3.63, 3.8) is 0 Å². The average Bonchev–Trinajstić information content (AvgIpc) is 2.82. The number of carbonyl (C=O) groups excluding carboxylic acids is 1. The van der Waals surface area contributed by atoms with E-state index in [9.17, 15) is 14.0 Å². The quantitative estimate of drug-likeness (QED) is 0.812. The minimum Gasteiger partial charge on any atom is -0.465 e. The van der Waals surface area contributed by atoms with Crippen molar-refractivity contribution in [2.75, 3.05) is 13.7 Å². The molecule has 0 aromatic heterocycles. The van der Waals surface area contributed by atoms with E-state index in [1.54, 1.807) is 25.1 Å². The summed E-state index contributed by atoms with van der Waals surface area (Å²) >= 11 is 0. The SMILES string of the molecule is C[C@H]1OC[C@]2(c3ccccc3F)N=C(NC(=O)O)N(C)C(=O)[C@H]12. The second-order valence-corrected chi connectivity index (χ2v) is 5.66. The number of nitrogens with one attached hydrogen (secondary N) is 1. The fraction of sp³-hybridized carbons (Fsp3) is 0.400. The molecular formula is C15H16FN3O4. The van der Waals surface area contributed by atoms with Gasteiger partial charge in [-0.05, 0) is 13.0 Å². The summed E-state index contributed by atoms with van der Waals surface area (Å²) in [5.41, 5.74) is -1.05. The van der Waals surface area contributed by atoms with Gasteiger partial charge in [0.25, 0.3) is 0 Å². The van der Waals surface area contributed by atoms with Crippen molar-refractivity contribution in [2.24, 2.45) is 10.9 Å². The maximum Gasteiger partial charge on any atom is 0.411 e. The zero-order valence-corrected chi connectivity index (χ0v) is 12.6. The fourth-order valence-electron chi connectivity index (χ4n) is 3.24. The third-order valence-corrected chi connectivity index (χ3v) is 4.33. The first-order chi connectivity index (χ1) is 10.9. The lowest BCUT2D eigenvalue weighted by molar-refractivity contribution is -0.134. The predicted molar refractivity (Wildman–Crippen MR) is 78.3 cm³/mol. The zero-order chi connectivity index (χ0) is 16.8. The van der Waals surface area contributed by atoms with E-state index in [1.807, 2.05) is 0 Å². The van der Waals surface area contributed by atoms with E-state index in [1.165, 1.54) is 13.1 Å². The number of rotatable bonds is 1. The van der Waals surface area contributed by atoms with Crippen molar-refractivity contribution in [1.29, 1.82) is 0 Å². The number of nitrogens with zero attached hydrogens (tertiary/aromatic N) is 2. The van der Waals surface area contributed by atoms with Gasteiger partial charge in [-0.3, -0.25) is 15.0 Å². The summed E-state index contributed by atoms with van der Waals surface area (Å²) < 4.78 is 19.9. The maximum absolute atomic E-state index is 14.4. The van der Waals surface area contributed by atoms with Crippen molar-refractivity contribution in [2.45, 2.75) is 18.6 Å². The fourth-order valence-corrected chi connectivity index (χ4v) is 3.24. The number of hydrogen-bond acceptors (Lipinski definition) is 4. The largest absolute Gasteiger partial charge is 0.465 e. The van der Waals surface area contributed by atoms with Crippen LogP contribution in [0.4, 0.5) is 9.18 Å². The summed E-state index contributed by atoms with van der Waals surface area (Å²) in [5, 5.41) is 11.0. The van der Waals surface area contributed by atoms with E-state index in [0.717, 1.165) is 4.90 Å². The van der Waals surface area contributed by atoms with Crippen LogP contribution in [0, 0.1) is 11.7 Å². The Morgan fingerprint density at radius 3 is 2.87 bits per heavy atom. The first kappa shape index (κ1) is 15.4. The Kier molecular flexibility index (Phi) is 3.56. The molecule has 8 heteroatoms. The van der Waals surface area contributed by atoms with Crippen LogP contribution >= 0.6 is 0 Å². The number of carboxylic acid groups (broad SMARTS) is 1. The molecule has 0 aliphatic carbocycles. The highest BCUT2D eigenvalue weighted by Crippen LogP contribution is 2.46. The number of benzene rings is 1. The number of aliphatic imine (C=N–C) groups is 1. The van der Waals surface area contributed by atoms with Crippen molar-refractivity contribution in [1.82, 2.24) is 10.2 Å². The second kappa shape index (κ2) is 5.31. The van der Waals surface area contributed by atoms with E-state index in [2.05, 4.69) is 10.3 Å². The first-order valence-corrected chi connectivity index (χ1v) is 7.11. The molecule has 2 heterocycles. The monoisotopic (exact) mass is 321 g/mol. The van der Waals surface area contributed by atoms with Gasteiger partial charge in [-0.15, -0.1) is 0 Å². The van der Waals surface area contributed by atoms with E-state index in [4.69, 9.17) is 9.84 Å². The van der Waals surface area contributed by atoms with E-state index in [0.29, 0.717) is 0 Å². The number of hydrogen-bond donors (Lipinski definition) is 2. The molecule has 2 amide bonds. The normalized spacial score (nSPS) is 30.0. The summed E-state index contributed by atoms with van der Waals surface area (Å²) in [6.45, 7) is 1.73. The molecule has 3 rings (SSSR count). The molecule has 2 aliphatic heterocycles. The van der Waals surface area contributed by atoms with Gasteiger partial charge in [0.15, 0.2) is 0 Å². The third kappa shape index (κ3) is 2.26.